The van der Waals surface area contributed by atoms with Gasteiger partial charge in [0.25, 0.3) is 0 Å². The summed E-state index contributed by atoms with van der Waals surface area (Å²) in [5.74, 6) is 0.672. The van der Waals surface area contributed by atoms with Crippen LogP contribution in [-0.4, -0.2) is 51.5 Å². The van der Waals surface area contributed by atoms with E-state index >= 15 is 0 Å². The number of carbonyl (C=O) groups excluding carboxylic acids is 1. The monoisotopic (exact) mass is 434 g/mol. The molecule has 1 saturated heterocycles. The van der Waals surface area contributed by atoms with E-state index in [0.717, 1.165) is 23.0 Å². The summed E-state index contributed by atoms with van der Waals surface area (Å²) in [5.41, 5.74) is 0.163. The first-order valence-corrected chi connectivity index (χ1v) is 9.91. The topological polar surface area (TPSA) is 74.2 Å². The van der Waals surface area contributed by atoms with E-state index in [-0.39, 0.29) is 11.7 Å². The highest BCUT2D eigenvalue weighted by molar-refractivity contribution is 7.09. The molecule has 156 valence electrons. The zero-order chi connectivity index (χ0) is 21.1. The van der Waals surface area contributed by atoms with Gasteiger partial charge in [0, 0.05) is 43.3 Å². The van der Waals surface area contributed by atoms with E-state index in [1.165, 1.54) is 17.6 Å². The van der Waals surface area contributed by atoms with Crippen LogP contribution in [0.25, 0.3) is 11.4 Å². The van der Waals surface area contributed by atoms with Crippen molar-refractivity contribution in [3.8, 4) is 11.4 Å². The molecule has 0 saturated carbocycles. The van der Waals surface area contributed by atoms with Crippen LogP contribution in [-0.2, 0) is 6.18 Å². The smallest absolute Gasteiger partial charge is 0.343 e. The number of nitrogens with zero attached hydrogens (tertiary/aromatic N) is 5. The van der Waals surface area contributed by atoms with Gasteiger partial charge in [-0.25, -0.2) is 9.78 Å². The number of pyridine rings is 1. The van der Waals surface area contributed by atoms with Gasteiger partial charge in [-0.3, -0.25) is 0 Å². The molecule has 0 radical (unpaired) electrons. The van der Waals surface area contributed by atoms with Crippen molar-refractivity contribution in [3.05, 3.63) is 54.4 Å². The number of alkyl halides is 3. The average molecular weight is 434 g/mol. The van der Waals surface area contributed by atoms with Crippen molar-refractivity contribution < 1.29 is 18.0 Å². The maximum Gasteiger partial charge on any atom is 0.433 e. The minimum Gasteiger partial charge on any atom is -0.343 e. The molecular formula is C19H17F3N6OS. The van der Waals surface area contributed by atoms with Crippen LogP contribution in [0.3, 0.4) is 0 Å². The third kappa shape index (κ3) is 4.51. The van der Waals surface area contributed by atoms with Gasteiger partial charge in [-0.1, -0.05) is 30.3 Å². The van der Waals surface area contributed by atoms with Crippen LogP contribution >= 0.6 is 11.5 Å². The number of piperazine rings is 1. The maximum atomic E-state index is 12.6. The summed E-state index contributed by atoms with van der Waals surface area (Å²) in [5, 5.41) is 3.38. The highest BCUT2D eigenvalue weighted by Gasteiger charge is 2.32. The van der Waals surface area contributed by atoms with Gasteiger partial charge in [0.15, 0.2) is 5.82 Å². The number of halogens is 3. The van der Waals surface area contributed by atoms with Gasteiger partial charge in [-0.2, -0.15) is 22.5 Å². The molecule has 3 heterocycles. The van der Waals surface area contributed by atoms with E-state index in [9.17, 15) is 18.0 Å². The molecule has 1 aliphatic rings. The number of anilines is 2. The van der Waals surface area contributed by atoms with Gasteiger partial charge >= 0.3 is 12.2 Å². The van der Waals surface area contributed by atoms with Crippen molar-refractivity contribution in [3.63, 3.8) is 0 Å². The number of hydrogen-bond acceptors (Lipinski definition) is 6. The molecule has 1 aliphatic heterocycles. The van der Waals surface area contributed by atoms with Crippen LogP contribution in [0.2, 0.25) is 0 Å². The highest BCUT2D eigenvalue weighted by Crippen LogP contribution is 2.28. The molecule has 30 heavy (non-hydrogen) atoms. The minimum absolute atomic E-state index is 0.215. The quantitative estimate of drug-likeness (QED) is 0.675. The summed E-state index contributed by atoms with van der Waals surface area (Å²) in [6, 6.07) is 11.3. The Hall–Kier alpha value is -3.21. The standard InChI is InChI=1S/C19H17F3N6OS/c20-19(21,22)15-7-6-14(12-23-15)24-17(29)27-8-10-28(11-9-27)18-25-16(26-30-18)13-4-2-1-3-5-13/h1-7,12H,8-11H2,(H,24,29). The molecule has 0 bridgehead atoms. The van der Waals surface area contributed by atoms with Crippen LogP contribution in [0.1, 0.15) is 5.69 Å². The van der Waals surface area contributed by atoms with Crippen molar-refractivity contribution in [1.29, 1.82) is 0 Å². The fraction of sp³-hybridized carbons (Fsp3) is 0.263. The van der Waals surface area contributed by atoms with Crippen LogP contribution < -0.4 is 10.2 Å². The number of rotatable bonds is 3. The maximum absolute atomic E-state index is 12.6. The second-order valence-corrected chi connectivity index (χ2v) is 7.33. The molecule has 2 amide bonds. The van der Waals surface area contributed by atoms with Gasteiger partial charge in [0.05, 0.1) is 11.9 Å². The molecule has 0 unspecified atom stereocenters. The Bertz CT molecular complexity index is 1000. The van der Waals surface area contributed by atoms with Crippen molar-refractivity contribution in [2.75, 3.05) is 36.4 Å². The van der Waals surface area contributed by atoms with E-state index in [0.29, 0.717) is 32.0 Å². The number of hydrogen-bond donors (Lipinski definition) is 1. The summed E-state index contributed by atoms with van der Waals surface area (Å²) in [7, 11) is 0. The fourth-order valence-corrected chi connectivity index (χ4v) is 3.73. The first kappa shape index (κ1) is 20.1. The summed E-state index contributed by atoms with van der Waals surface area (Å²) in [6.07, 6.45) is -3.51. The van der Waals surface area contributed by atoms with Crippen LogP contribution in [0.4, 0.5) is 28.8 Å². The predicted octanol–water partition coefficient (Wildman–Crippen LogP) is 3.97. The molecule has 7 nitrogen and oxygen atoms in total. The number of nitrogens with one attached hydrogen (secondary N) is 1. The molecule has 3 aromatic rings. The molecule has 1 aromatic carbocycles. The van der Waals surface area contributed by atoms with Crippen LogP contribution in [0, 0.1) is 0 Å². The van der Waals surface area contributed by atoms with Crippen molar-refractivity contribution in [2.45, 2.75) is 6.18 Å². The Balaban J connectivity index is 1.32. The molecule has 0 aliphatic carbocycles. The third-order valence-electron chi connectivity index (χ3n) is 4.59. The lowest BCUT2D eigenvalue weighted by Crippen LogP contribution is -2.50. The SMILES string of the molecule is O=C(Nc1ccc(C(F)(F)F)nc1)N1CCN(c2nc(-c3ccccc3)ns2)CC1. The number of aromatic nitrogens is 3. The Kier molecular flexibility index (Phi) is 5.53. The van der Waals surface area contributed by atoms with Gasteiger partial charge < -0.3 is 15.1 Å². The van der Waals surface area contributed by atoms with Crippen molar-refractivity contribution >= 4 is 28.4 Å². The van der Waals surface area contributed by atoms with E-state index in [1.54, 1.807) is 4.90 Å². The van der Waals surface area contributed by atoms with E-state index in [1.807, 2.05) is 30.3 Å². The van der Waals surface area contributed by atoms with Crippen LogP contribution in [0.15, 0.2) is 48.7 Å². The zero-order valence-electron chi connectivity index (χ0n) is 15.6. The van der Waals surface area contributed by atoms with Gasteiger partial charge in [0.2, 0.25) is 5.13 Å². The Morgan fingerprint density at radius 3 is 2.40 bits per heavy atom. The van der Waals surface area contributed by atoms with Gasteiger partial charge in [-0.15, -0.1) is 0 Å². The zero-order valence-corrected chi connectivity index (χ0v) is 16.5. The van der Waals surface area contributed by atoms with E-state index < -0.39 is 11.9 Å². The Morgan fingerprint density at radius 1 is 1.03 bits per heavy atom. The lowest BCUT2D eigenvalue weighted by atomic mass is 10.2. The molecule has 2 aromatic heterocycles. The largest absolute Gasteiger partial charge is 0.433 e. The number of benzene rings is 1. The lowest BCUT2D eigenvalue weighted by molar-refractivity contribution is -0.141. The molecule has 0 atom stereocenters. The Labute approximate surface area is 174 Å². The molecular weight excluding hydrogens is 417 g/mol. The summed E-state index contributed by atoms with van der Waals surface area (Å²) >= 11 is 1.31. The molecule has 0 spiro atoms. The highest BCUT2D eigenvalue weighted by atomic mass is 32.1. The van der Waals surface area contributed by atoms with Gasteiger partial charge in [0.1, 0.15) is 5.69 Å². The second-order valence-electron chi connectivity index (χ2n) is 6.60. The summed E-state index contributed by atoms with van der Waals surface area (Å²) in [6.45, 7) is 2.09. The first-order valence-electron chi connectivity index (χ1n) is 9.13. The minimum atomic E-state index is -4.51. The summed E-state index contributed by atoms with van der Waals surface area (Å²) in [4.78, 5) is 24.0. The molecule has 1 N–H and O–H groups in total. The number of amides is 2. The van der Waals surface area contributed by atoms with E-state index in [4.69, 9.17) is 0 Å². The molecule has 4 rings (SSSR count). The van der Waals surface area contributed by atoms with Gasteiger partial charge in [-0.05, 0) is 12.1 Å². The molecule has 1 fully saturated rings. The lowest BCUT2D eigenvalue weighted by Gasteiger charge is -2.34. The van der Waals surface area contributed by atoms with Crippen LogP contribution in [0.5, 0.6) is 0 Å². The predicted molar refractivity (Wildman–Crippen MR) is 107 cm³/mol. The number of carbonyl (C=O) groups is 1. The van der Waals surface area contributed by atoms with Crippen molar-refractivity contribution in [2.24, 2.45) is 0 Å². The summed E-state index contributed by atoms with van der Waals surface area (Å²) < 4.78 is 42.1. The third-order valence-corrected chi connectivity index (χ3v) is 5.37. The molecule has 11 heteroatoms. The normalized spacial score (nSPS) is 14.6. The van der Waals surface area contributed by atoms with E-state index in [2.05, 4.69) is 24.6 Å². The first-order chi connectivity index (χ1) is 14.4. The Morgan fingerprint density at radius 2 is 1.77 bits per heavy atom. The average Bonchev–Trinajstić information content (AvgIpc) is 3.24. The van der Waals surface area contributed by atoms with Crippen molar-refractivity contribution in [1.82, 2.24) is 19.2 Å². The fourth-order valence-electron chi connectivity index (χ4n) is 2.99. The second kappa shape index (κ2) is 8.27. The number of urea groups is 1.